The Morgan fingerprint density at radius 1 is 1.18 bits per heavy atom. The van der Waals surface area contributed by atoms with Gasteiger partial charge in [0.1, 0.15) is 5.75 Å². The van der Waals surface area contributed by atoms with Crippen molar-refractivity contribution in [3.05, 3.63) is 65.7 Å². The van der Waals surface area contributed by atoms with E-state index >= 15 is 0 Å². The second-order valence-corrected chi connectivity index (χ2v) is 7.66. The molecule has 1 N–H and O–H groups in total. The smallest absolute Gasteiger partial charge is 0.234 e. The monoisotopic (exact) mass is 380 g/mol. The van der Waals surface area contributed by atoms with E-state index in [1.807, 2.05) is 30.3 Å². The number of rotatable bonds is 7. The normalized spacial score (nSPS) is 21.1. The van der Waals surface area contributed by atoms with Gasteiger partial charge in [0.2, 0.25) is 5.91 Å². The molecule has 28 heavy (non-hydrogen) atoms. The Bertz CT molecular complexity index is 774. The van der Waals surface area contributed by atoms with Gasteiger partial charge in [0.15, 0.2) is 0 Å². The first-order valence-electron chi connectivity index (χ1n) is 10.0. The fourth-order valence-corrected chi connectivity index (χ4v) is 3.85. The van der Waals surface area contributed by atoms with Crippen molar-refractivity contribution in [2.45, 2.75) is 25.0 Å². The van der Waals surface area contributed by atoms with Gasteiger partial charge >= 0.3 is 0 Å². The molecule has 4 rings (SSSR count). The molecule has 1 saturated carbocycles. The zero-order valence-electron chi connectivity index (χ0n) is 16.3. The van der Waals surface area contributed by atoms with Crippen molar-refractivity contribution in [1.29, 1.82) is 0 Å². The Hall–Kier alpha value is -2.37. The zero-order valence-corrected chi connectivity index (χ0v) is 16.3. The summed E-state index contributed by atoms with van der Waals surface area (Å²) in [5, 5.41) is 3.27. The molecule has 1 saturated heterocycles. The van der Waals surface area contributed by atoms with E-state index in [-0.39, 0.29) is 18.1 Å². The van der Waals surface area contributed by atoms with Gasteiger partial charge in [-0.2, -0.15) is 0 Å². The summed E-state index contributed by atoms with van der Waals surface area (Å²) >= 11 is 0. The van der Waals surface area contributed by atoms with Crippen LogP contribution >= 0.6 is 0 Å². The number of amides is 1. The first kappa shape index (κ1) is 19.0. The molecule has 0 aromatic heterocycles. The number of nitrogens with one attached hydrogen (secondary N) is 1. The third-order valence-electron chi connectivity index (χ3n) is 5.57. The van der Waals surface area contributed by atoms with Crippen LogP contribution in [0.3, 0.4) is 0 Å². The Morgan fingerprint density at radius 2 is 1.93 bits per heavy atom. The van der Waals surface area contributed by atoms with Crippen molar-refractivity contribution < 1.29 is 14.3 Å². The van der Waals surface area contributed by atoms with Crippen molar-refractivity contribution in [3.63, 3.8) is 0 Å². The molecule has 2 unspecified atom stereocenters. The molecular formula is C23H28N2O3. The van der Waals surface area contributed by atoms with E-state index in [0.717, 1.165) is 24.4 Å². The maximum atomic E-state index is 12.8. The number of hydrogen-bond donors (Lipinski definition) is 1. The van der Waals surface area contributed by atoms with Gasteiger partial charge in [-0.3, -0.25) is 9.69 Å². The molecule has 2 fully saturated rings. The standard InChI is InChI=1S/C23H28N2O3/c1-27-20-11-9-19(10-12-20)23(18-7-8-18)24-22(26)16-25-13-14-28-21(15-25)17-5-3-2-4-6-17/h2-6,9-12,18,21,23H,7-8,13-16H2,1H3,(H,24,26). The minimum absolute atomic E-state index is 0.0311. The summed E-state index contributed by atoms with van der Waals surface area (Å²) in [7, 11) is 1.67. The third kappa shape index (κ3) is 4.72. The van der Waals surface area contributed by atoms with Crippen LogP contribution in [0.4, 0.5) is 0 Å². The van der Waals surface area contributed by atoms with E-state index in [0.29, 0.717) is 19.1 Å². The van der Waals surface area contributed by atoms with Crippen LogP contribution in [0.5, 0.6) is 5.75 Å². The molecule has 1 amide bonds. The second-order valence-electron chi connectivity index (χ2n) is 7.66. The highest BCUT2D eigenvalue weighted by atomic mass is 16.5. The highest BCUT2D eigenvalue weighted by Gasteiger charge is 2.34. The van der Waals surface area contributed by atoms with Crippen molar-refractivity contribution in [3.8, 4) is 5.75 Å². The van der Waals surface area contributed by atoms with Gasteiger partial charge in [-0.05, 0) is 42.0 Å². The van der Waals surface area contributed by atoms with E-state index < -0.39 is 0 Å². The van der Waals surface area contributed by atoms with Gasteiger partial charge in [0, 0.05) is 13.1 Å². The molecule has 1 aliphatic heterocycles. The van der Waals surface area contributed by atoms with E-state index in [1.54, 1.807) is 7.11 Å². The quantitative estimate of drug-likeness (QED) is 0.800. The van der Waals surface area contributed by atoms with Crippen LogP contribution in [0.15, 0.2) is 54.6 Å². The van der Waals surface area contributed by atoms with Crippen LogP contribution in [0.25, 0.3) is 0 Å². The minimum Gasteiger partial charge on any atom is -0.497 e. The van der Waals surface area contributed by atoms with Crippen LogP contribution in [0, 0.1) is 5.92 Å². The molecule has 2 atom stereocenters. The summed E-state index contributed by atoms with van der Waals surface area (Å²) in [5.41, 5.74) is 2.32. The summed E-state index contributed by atoms with van der Waals surface area (Å²) in [5.74, 6) is 1.46. The summed E-state index contributed by atoms with van der Waals surface area (Å²) in [6.45, 7) is 2.59. The molecule has 2 aromatic carbocycles. The highest BCUT2D eigenvalue weighted by molar-refractivity contribution is 5.78. The molecule has 1 aliphatic carbocycles. The number of hydrogen-bond acceptors (Lipinski definition) is 4. The number of morpholine rings is 1. The van der Waals surface area contributed by atoms with Crippen molar-refractivity contribution in [2.75, 3.05) is 33.4 Å². The van der Waals surface area contributed by atoms with Crippen LogP contribution in [-0.2, 0) is 9.53 Å². The fourth-order valence-electron chi connectivity index (χ4n) is 3.85. The Kier molecular flexibility index (Phi) is 5.93. The maximum absolute atomic E-state index is 12.8. The molecule has 0 spiro atoms. The largest absolute Gasteiger partial charge is 0.497 e. The number of methoxy groups -OCH3 is 1. The van der Waals surface area contributed by atoms with E-state index in [2.05, 4.69) is 34.5 Å². The summed E-state index contributed by atoms with van der Waals surface area (Å²) in [6.07, 6.45) is 2.37. The van der Waals surface area contributed by atoms with E-state index in [1.165, 1.54) is 18.4 Å². The predicted molar refractivity (Wildman–Crippen MR) is 108 cm³/mol. The Balaban J connectivity index is 1.35. The lowest BCUT2D eigenvalue weighted by molar-refractivity contribution is -0.125. The summed E-state index contributed by atoms with van der Waals surface area (Å²) in [6, 6.07) is 18.4. The van der Waals surface area contributed by atoms with Crippen LogP contribution < -0.4 is 10.1 Å². The van der Waals surface area contributed by atoms with Crippen LogP contribution in [0.1, 0.15) is 36.1 Å². The number of benzene rings is 2. The fraction of sp³-hybridized carbons (Fsp3) is 0.435. The third-order valence-corrected chi connectivity index (χ3v) is 5.57. The Labute approximate surface area is 166 Å². The number of ether oxygens (including phenoxy) is 2. The molecule has 5 heteroatoms. The molecule has 5 nitrogen and oxygen atoms in total. The van der Waals surface area contributed by atoms with E-state index in [9.17, 15) is 4.79 Å². The second kappa shape index (κ2) is 8.76. The molecule has 0 bridgehead atoms. The van der Waals surface area contributed by atoms with E-state index in [4.69, 9.17) is 9.47 Å². The Morgan fingerprint density at radius 3 is 2.61 bits per heavy atom. The van der Waals surface area contributed by atoms with Crippen molar-refractivity contribution >= 4 is 5.91 Å². The minimum atomic E-state index is 0.0311. The van der Waals surface area contributed by atoms with Crippen molar-refractivity contribution in [1.82, 2.24) is 10.2 Å². The molecule has 2 aliphatic rings. The number of nitrogens with zero attached hydrogens (tertiary/aromatic N) is 1. The van der Waals surface area contributed by atoms with Crippen LogP contribution in [0.2, 0.25) is 0 Å². The molecule has 148 valence electrons. The van der Waals surface area contributed by atoms with Crippen LogP contribution in [-0.4, -0.2) is 44.2 Å². The number of carbonyl (C=O) groups excluding carboxylic acids is 1. The molecular weight excluding hydrogens is 352 g/mol. The lowest BCUT2D eigenvalue weighted by atomic mass is 10.0. The zero-order chi connectivity index (χ0) is 19.3. The van der Waals surface area contributed by atoms with Gasteiger partial charge in [-0.1, -0.05) is 42.5 Å². The molecule has 1 heterocycles. The summed E-state index contributed by atoms with van der Waals surface area (Å²) < 4.78 is 11.2. The lowest BCUT2D eigenvalue weighted by Crippen LogP contribution is -2.45. The maximum Gasteiger partial charge on any atom is 0.234 e. The average molecular weight is 380 g/mol. The van der Waals surface area contributed by atoms with Gasteiger partial charge in [-0.15, -0.1) is 0 Å². The average Bonchev–Trinajstić information content (AvgIpc) is 3.58. The predicted octanol–water partition coefficient (Wildman–Crippen LogP) is 3.34. The SMILES string of the molecule is COc1ccc(C(NC(=O)CN2CCOC(c3ccccc3)C2)C2CC2)cc1. The van der Waals surface area contributed by atoms with Gasteiger partial charge < -0.3 is 14.8 Å². The first-order valence-corrected chi connectivity index (χ1v) is 10.0. The molecule has 0 radical (unpaired) electrons. The van der Waals surface area contributed by atoms with Crippen molar-refractivity contribution in [2.24, 2.45) is 5.92 Å². The summed E-state index contributed by atoms with van der Waals surface area (Å²) in [4.78, 5) is 15.0. The molecule has 2 aromatic rings. The van der Waals surface area contributed by atoms with Gasteiger partial charge in [-0.25, -0.2) is 0 Å². The first-order chi connectivity index (χ1) is 13.7. The lowest BCUT2D eigenvalue weighted by Gasteiger charge is -2.33. The van der Waals surface area contributed by atoms with Gasteiger partial charge in [0.05, 0.1) is 32.4 Å². The number of carbonyl (C=O) groups is 1. The highest BCUT2D eigenvalue weighted by Crippen LogP contribution is 2.41. The van der Waals surface area contributed by atoms with Gasteiger partial charge in [0.25, 0.3) is 0 Å². The topological polar surface area (TPSA) is 50.8 Å².